The van der Waals surface area contributed by atoms with E-state index in [0.717, 1.165) is 37.6 Å². The van der Waals surface area contributed by atoms with Crippen LogP contribution in [0.5, 0.6) is 11.5 Å². The van der Waals surface area contributed by atoms with Gasteiger partial charge in [-0.2, -0.15) is 5.26 Å². The molecule has 1 heterocycles. The van der Waals surface area contributed by atoms with E-state index in [1.165, 1.54) is 31.4 Å². The molecule has 1 atom stereocenters. The van der Waals surface area contributed by atoms with Gasteiger partial charge in [0.1, 0.15) is 0 Å². The molecule has 0 bridgehead atoms. The summed E-state index contributed by atoms with van der Waals surface area (Å²) in [6.07, 6.45) is 5.20. The SMILES string of the molecule is CCN1CCCCC1CNCc1ccc(OC)c(OCCCC#N)c1. The number of benzene rings is 1. The van der Waals surface area contributed by atoms with Gasteiger partial charge in [-0.05, 0) is 50.0 Å². The molecule has 1 saturated heterocycles. The minimum absolute atomic E-state index is 0.513. The Labute approximate surface area is 151 Å². The zero-order valence-corrected chi connectivity index (χ0v) is 15.6. The van der Waals surface area contributed by atoms with Gasteiger partial charge < -0.3 is 14.8 Å². The van der Waals surface area contributed by atoms with Crippen LogP contribution < -0.4 is 14.8 Å². The summed E-state index contributed by atoms with van der Waals surface area (Å²) in [5, 5.41) is 12.2. The number of ether oxygens (including phenoxy) is 2. The van der Waals surface area contributed by atoms with Crippen molar-refractivity contribution in [3.8, 4) is 17.6 Å². The molecule has 1 unspecified atom stereocenters. The molecule has 0 saturated carbocycles. The van der Waals surface area contributed by atoms with Crippen molar-refractivity contribution in [1.29, 1.82) is 5.26 Å². The fourth-order valence-corrected chi connectivity index (χ4v) is 3.37. The number of likely N-dealkylation sites (N-methyl/N-ethyl adjacent to an activating group) is 1. The highest BCUT2D eigenvalue weighted by atomic mass is 16.5. The van der Waals surface area contributed by atoms with Gasteiger partial charge in [0, 0.05) is 25.6 Å². The molecule has 1 N–H and O–H groups in total. The summed E-state index contributed by atoms with van der Waals surface area (Å²) in [7, 11) is 1.65. The third-order valence-corrected chi connectivity index (χ3v) is 4.78. The Morgan fingerprint density at radius 3 is 2.96 bits per heavy atom. The minimum atomic E-state index is 0.513. The van der Waals surface area contributed by atoms with Gasteiger partial charge in [0.25, 0.3) is 0 Å². The monoisotopic (exact) mass is 345 g/mol. The first kappa shape index (κ1) is 19.6. The molecule has 0 aromatic heterocycles. The van der Waals surface area contributed by atoms with Crippen molar-refractivity contribution < 1.29 is 9.47 Å². The largest absolute Gasteiger partial charge is 0.493 e. The van der Waals surface area contributed by atoms with E-state index in [-0.39, 0.29) is 0 Å². The molecule has 0 spiro atoms. The third-order valence-electron chi connectivity index (χ3n) is 4.78. The summed E-state index contributed by atoms with van der Waals surface area (Å²) in [5.41, 5.74) is 1.19. The lowest BCUT2D eigenvalue weighted by Crippen LogP contribution is -2.45. The number of nitrogens with one attached hydrogen (secondary N) is 1. The molecule has 1 aliphatic rings. The standard InChI is InChI=1S/C20H31N3O2/c1-3-23-12-6-4-8-18(23)16-22-15-17-9-10-19(24-2)20(14-17)25-13-7-5-11-21/h9-10,14,18,22H,3-8,12-13,15-16H2,1-2H3. The Bertz CT molecular complexity index is 556. The summed E-state index contributed by atoms with van der Waals surface area (Å²) >= 11 is 0. The highest BCUT2D eigenvalue weighted by molar-refractivity contribution is 5.42. The fourth-order valence-electron chi connectivity index (χ4n) is 3.37. The lowest BCUT2D eigenvalue weighted by atomic mass is 10.0. The Kier molecular flexibility index (Phi) is 8.58. The van der Waals surface area contributed by atoms with E-state index in [9.17, 15) is 0 Å². The molecule has 5 heteroatoms. The Balaban J connectivity index is 1.85. The zero-order valence-electron chi connectivity index (χ0n) is 15.6. The van der Waals surface area contributed by atoms with Gasteiger partial charge in [-0.15, -0.1) is 0 Å². The smallest absolute Gasteiger partial charge is 0.161 e. The summed E-state index contributed by atoms with van der Waals surface area (Å²) < 4.78 is 11.2. The van der Waals surface area contributed by atoms with Gasteiger partial charge in [0.05, 0.1) is 19.8 Å². The van der Waals surface area contributed by atoms with Crippen LogP contribution in [0.2, 0.25) is 0 Å². The van der Waals surface area contributed by atoms with Crippen LogP contribution in [0.15, 0.2) is 18.2 Å². The van der Waals surface area contributed by atoms with Crippen molar-refractivity contribution in [1.82, 2.24) is 10.2 Å². The molecule has 0 amide bonds. The molecule has 2 rings (SSSR count). The minimum Gasteiger partial charge on any atom is -0.493 e. The summed E-state index contributed by atoms with van der Waals surface area (Å²) in [6.45, 7) is 7.00. The van der Waals surface area contributed by atoms with Crippen molar-refractivity contribution in [2.24, 2.45) is 0 Å². The fraction of sp³-hybridized carbons (Fsp3) is 0.650. The number of rotatable bonds is 10. The Morgan fingerprint density at radius 2 is 2.20 bits per heavy atom. The van der Waals surface area contributed by atoms with Crippen LogP contribution in [0, 0.1) is 11.3 Å². The predicted molar refractivity (Wildman–Crippen MR) is 99.9 cm³/mol. The Hall–Kier alpha value is -1.77. The number of nitrogens with zero attached hydrogens (tertiary/aromatic N) is 2. The number of nitriles is 1. The van der Waals surface area contributed by atoms with Crippen LogP contribution in [0.4, 0.5) is 0 Å². The van der Waals surface area contributed by atoms with Crippen LogP contribution >= 0.6 is 0 Å². The van der Waals surface area contributed by atoms with Crippen LogP contribution in [-0.4, -0.2) is 44.3 Å². The Morgan fingerprint density at radius 1 is 1.32 bits per heavy atom. The molecular weight excluding hydrogens is 314 g/mol. The summed E-state index contributed by atoms with van der Waals surface area (Å²) in [6, 6.07) is 8.86. The lowest BCUT2D eigenvalue weighted by Gasteiger charge is -2.35. The molecule has 0 radical (unpaired) electrons. The van der Waals surface area contributed by atoms with E-state index >= 15 is 0 Å². The second-order valence-electron chi connectivity index (χ2n) is 6.50. The van der Waals surface area contributed by atoms with Crippen molar-refractivity contribution in [3.05, 3.63) is 23.8 Å². The predicted octanol–water partition coefficient (Wildman–Crippen LogP) is 3.34. The van der Waals surface area contributed by atoms with Crippen molar-refractivity contribution in [2.45, 2.75) is 51.6 Å². The molecule has 138 valence electrons. The first-order chi connectivity index (χ1) is 12.3. The number of likely N-dealkylation sites (tertiary alicyclic amines) is 1. The summed E-state index contributed by atoms with van der Waals surface area (Å²) in [5.74, 6) is 1.50. The molecule has 1 fully saturated rings. The number of piperidine rings is 1. The number of methoxy groups -OCH3 is 1. The first-order valence-electron chi connectivity index (χ1n) is 9.40. The topological polar surface area (TPSA) is 57.5 Å². The highest BCUT2D eigenvalue weighted by Crippen LogP contribution is 2.28. The molecule has 1 aromatic rings. The van der Waals surface area contributed by atoms with Gasteiger partial charge in [-0.25, -0.2) is 0 Å². The van der Waals surface area contributed by atoms with Crippen LogP contribution in [0.1, 0.15) is 44.6 Å². The molecular formula is C20H31N3O2. The number of unbranched alkanes of at least 4 members (excludes halogenated alkanes) is 1. The van der Waals surface area contributed by atoms with E-state index in [1.54, 1.807) is 7.11 Å². The molecule has 5 nitrogen and oxygen atoms in total. The van der Waals surface area contributed by atoms with Gasteiger partial charge >= 0.3 is 0 Å². The first-order valence-corrected chi connectivity index (χ1v) is 9.40. The van der Waals surface area contributed by atoms with E-state index in [4.69, 9.17) is 14.7 Å². The van der Waals surface area contributed by atoms with Crippen LogP contribution in [0.3, 0.4) is 0 Å². The molecule has 1 aliphatic heterocycles. The average molecular weight is 345 g/mol. The van der Waals surface area contributed by atoms with Gasteiger partial charge in [0.15, 0.2) is 11.5 Å². The molecule has 1 aromatic carbocycles. The van der Waals surface area contributed by atoms with E-state index in [1.807, 2.05) is 12.1 Å². The maximum atomic E-state index is 8.61. The quantitative estimate of drug-likeness (QED) is 0.659. The second kappa shape index (κ2) is 11.0. The summed E-state index contributed by atoms with van der Waals surface area (Å²) in [4.78, 5) is 2.58. The zero-order chi connectivity index (χ0) is 17.9. The maximum absolute atomic E-state index is 8.61. The van der Waals surface area contributed by atoms with Crippen LogP contribution in [0.25, 0.3) is 0 Å². The van der Waals surface area contributed by atoms with Crippen molar-refractivity contribution >= 4 is 0 Å². The maximum Gasteiger partial charge on any atom is 0.161 e. The van der Waals surface area contributed by atoms with E-state index in [2.05, 4.69) is 29.3 Å². The van der Waals surface area contributed by atoms with E-state index < -0.39 is 0 Å². The van der Waals surface area contributed by atoms with E-state index in [0.29, 0.717) is 19.1 Å². The van der Waals surface area contributed by atoms with Gasteiger partial charge in [-0.3, -0.25) is 4.90 Å². The second-order valence-corrected chi connectivity index (χ2v) is 6.50. The van der Waals surface area contributed by atoms with Gasteiger partial charge in [-0.1, -0.05) is 19.4 Å². The van der Waals surface area contributed by atoms with Crippen molar-refractivity contribution in [3.63, 3.8) is 0 Å². The molecule has 0 aliphatic carbocycles. The molecule has 25 heavy (non-hydrogen) atoms. The normalized spacial score (nSPS) is 17.9. The lowest BCUT2D eigenvalue weighted by molar-refractivity contribution is 0.153. The third kappa shape index (κ3) is 6.22. The van der Waals surface area contributed by atoms with Gasteiger partial charge in [0.2, 0.25) is 0 Å². The van der Waals surface area contributed by atoms with Crippen LogP contribution in [-0.2, 0) is 6.54 Å². The average Bonchev–Trinajstić information content (AvgIpc) is 2.66. The highest BCUT2D eigenvalue weighted by Gasteiger charge is 2.20. The number of hydrogen-bond donors (Lipinski definition) is 1. The number of hydrogen-bond acceptors (Lipinski definition) is 5. The van der Waals surface area contributed by atoms with Crippen molar-refractivity contribution in [2.75, 3.05) is 33.4 Å².